The molecule has 0 spiro atoms. The van der Waals surface area contributed by atoms with Crippen LogP contribution in [-0.2, 0) is 0 Å². The first-order valence-corrected chi connectivity index (χ1v) is 9.26. The van der Waals surface area contributed by atoms with E-state index in [1.807, 2.05) is 19.1 Å². The molecule has 27 heavy (non-hydrogen) atoms. The Morgan fingerprint density at radius 2 is 2.00 bits per heavy atom. The van der Waals surface area contributed by atoms with E-state index < -0.39 is 0 Å². The number of hydrogen-bond donors (Lipinski definition) is 1. The zero-order valence-corrected chi connectivity index (χ0v) is 16.5. The molecule has 5 nitrogen and oxygen atoms in total. The van der Waals surface area contributed by atoms with Crippen LogP contribution in [0.25, 0.3) is 22.6 Å². The molecule has 2 aromatic heterocycles. The molecule has 0 saturated heterocycles. The summed E-state index contributed by atoms with van der Waals surface area (Å²) in [6.07, 6.45) is 3.37. The summed E-state index contributed by atoms with van der Waals surface area (Å²) >= 11 is 9.49. The van der Waals surface area contributed by atoms with Crippen LogP contribution < -0.4 is 5.32 Å². The number of carbonyl (C=O) groups is 1. The molecule has 0 atom stereocenters. The Bertz CT molecular complexity index is 1170. The summed E-state index contributed by atoms with van der Waals surface area (Å²) < 4.78 is 6.62. The minimum absolute atomic E-state index is 0.240. The van der Waals surface area contributed by atoms with E-state index in [0.717, 1.165) is 15.6 Å². The number of anilines is 1. The van der Waals surface area contributed by atoms with Crippen LogP contribution in [-0.4, -0.2) is 15.9 Å². The lowest BCUT2D eigenvalue weighted by molar-refractivity contribution is 0.102. The van der Waals surface area contributed by atoms with Gasteiger partial charge in [-0.2, -0.15) is 0 Å². The molecule has 4 rings (SSSR count). The van der Waals surface area contributed by atoms with Gasteiger partial charge in [-0.1, -0.05) is 17.7 Å². The highest BCUT2D eigenvalue weighted by molar-refractivity contribution is 9.10. The van der Waals surface area contributed by atoms with E-state index in [1.165, 1.54) is 0 Å². The molecule has 0 saturated carbocycles. The lowest BCUT2D eigenvalue weighted by Gasteiger charge is -2.06. The molecular weight excluding hydrogens is 430 g/mol. The molecule has 2 aromatic carbocycles. The van der Waals surface area contributed by atoms with Gasteiger partial charge in [-0.15, -0.1) is 0 Å². The molecule has 2 heterocycles. The first kappa shape index (κ1) is 17.7. The first-order chi connectivity index (χ1) is 13.0. The number of fused-ring (bicyclic) bond motifs is 1. The van der Waals surface area contributed by atoms with E-state index >= 15 is 0 Å². The number of pyridine rings is 1. The van der Waals surface area contributed by atoms with Crippen LogP contribution in [0.5, 0.6) is 0 Å². The molecule has 0 bridgehead atoms. The number of hydrogen-bond acceptors (Lipinski definition) is 4. The molecule has 4 aromatic rings. The number of oxazole rings is 1. The van der Waals surface area contributed by atoms with Gasteiger partial charge in [0, 0.05) is 33.1 Å². The molecule has 7 heteroatoms. The smallest absolute Gasteiger partial charge is 0.255 e. The van der Waals surface area contributed by atoms with E-state index in [0.29, 0.717) is 33.3 Å². The molecule has 0 fully saturated rings. The molecule has 134 valence electrons. The third-order valence-corrected chi connectivity index (χ3v) is 4.87. The number of aromatic nitrogens is 2. The van der Waals surface area contributed by atoms with Gasteiger partial charge in [0.25, 0.3) is 5.91 Å². The Morgan fingerprint density at radius 3 is 2.78 bits per heavy atom. The average molecular weight is 443 g/mol. The van der Waals surface area contributed by atoms with Crippen molar-refractivity contribution in [3.05, 3.63) is 75.5 Å². The van der Waals surface area contributed by atoms with Gasteiger partial charge in [0.2, 0.25) is 5.89 Å². The van der Waals surface area contributed by atoms with Crippen molar-refractivity contribution < 1.29 is 9.21 Å². The number of carbonyl (C=O) groups excluding carboxylic acids is 1. The SMILES string of the molecule is Cc1ccc(C(=O)Nc2ccc3oc(-c4cncc(Br)c4)nc3c2)cc1Cl. The van der Waals surface area contributed by atoms with Crippen LogP contribution in [0, 0.1) is 6.92 Å². The molecule has 1 amide bonds. The fourth-order valence-electron chi connectivity index (χ4n) is 2.59. The maximum atomic E-state index is 12.5. The van der Waals surface area contributed by atoms with E-state index in [4.69, 9.17) is 16.0 Å². The van der Waals surface area contributed by atoms with Gasteiger partial charge in [-0.25, -0.2) is 4.98 Å². The van der Waals surface area contributed by atoms with Crippen molar-refractivity contribution >= 4 is 50.2 Å². The van der Waals surface area contributed by atoms with Gasteiger partial charge in [0.05, 0.1) is 5.56 Å². The number of nitrogens with zero attached hydrogens (tertiary/aromatic N) is 2. The summed E-state index contributed by atoms with van der Waals surface area (Å²) in [7, 11) is 0. The molecule has 0 aliphatic carbocycles. The Kier molecular flexibility index (Phi) is 4.68. The third kappa shape index (κ3) is 3.72. The molecule has 0 aliphatic rings. The Morgan fingerprint density at radius 1 is 1.15 bits per heavy atom. The van der Waals surface area contributed by atoms with Gasteiger partial charge in [0.1, 0.15) is 5.52 Å². The maximum Gasteiger partial charge on any atom is 0.255 e. The van der Waals surface area contributed by atoms with Gasteiger partial charge in [-0.3, -0.25) is 9.78 Å². The second-order valence-electron chi connectivity index (χ2n) is 6.01. The van der Waals surface area contributed by atoms with Gasteiger partial charge < -0.3 is 9.73 Å². The van der Waals surface area contributed by atoms with Crippen molar-refractivity contribution in [1.29, 1.82) is 0 Å². The van der Waals surface area contributed by atoms with Gasteiger partial charge >= 0.3 is 0 Å². The van der Waals surface area contributed by atoms with Crippen molar-refractivity contribution in [2.75, 3.05) is 5.32 Å². The molecule has 1 N–H and O–H groups in total. The van der Waals surface area contributed by atoms with Crippen LogP contribution in [0.4, 0.5) is 5.69 Å². The fraction of sp³-hybridized carbons (Fsp3) is 0.0500. The Balaban J connectivity index is 1.61. The zero-order chi connectivity index (χ0) is 19.0. The molecule has 0 radical (unpaired) electrons. The van der Waals surface area contributed by atoms with E-state index in [-0.39, 0.29) is 5.91 Å². The first-order valence-electron chi connectivity index (χ1n) is 8.08. The highest BCUT2D eigenvalue weighted by Gasteiger charge is 2.12. The topological polar surface area (TPSA) is 68.0 Å². The number of amides is 1. The van der Waals surface area contributed by atoms with E-state index in [9.17, 15) is 4.79 Å². The largest absolute Gasteiger partial charge is 0.436 e. The monoisotopic (exact) mass is 441 g/mol. The number of benzene rings is 2. The van der Waals surface area contributed by atoms with Gasteiger partial charge in [0.15, 0.2) is 5.58 Å². The Labute approximate surface area is 168 Å². The third-order valence-electron chi connectivity index (χ3n) is 4.03. The number of nitrogens with one attached hydrogen (secondary N) is 1. The number of aryl methyl sites for hydroxylation is 1. The minimum atomic E-state index is -0.240. The number of rotatable bonds is 3. The average Bonchev–Trinajstić information content (AvgIpc) is 3.07. The lowest BCUT2D eigenvalue weighted by Crippen LogP contribution is -2.11. The van der Waals surface area contributed by atoms with E-state index in [2.05, 4.69) is 31.2 Å². The summed E-state index contributed by atoms with van der Waals surface area (Å²) in [5.74, 6) is 0.226. The van der Waals surface area contributed by atoms with E-state index in [1.54, 1.807) is 42.7 Å². The molecule has 0 unspecified atom stereocenters. The molecule has 0 aliphatic heterocycles. The van der Waals surface area contributed by atoms with Crippen LogP contribution in [0.2, 0.25) is 5.02 Å². The van der Waals surface area contributed by atoms with Crippen molar-refractivity contribution in [2.24, 2.45) is 0 Å². The summed E-state index contributed by atoms with van der Waals surface area (Å²) in [4.78, 5) is 21.1. The summed E-state index contributed by atoms with van der Waals surface area (Å²) in [5.41, 5.74) is 4.07. The van der Waals surface area contributed by atoms with Crippen LogP contribution >= 0.6 is 27.5 Å². The normalized spacial score (nSPS) is 10.9. The predicted molar refractivity (Wildman–Crippen MR) is 109 cm³/mol. The highest BCUT2D eigenvalue weighted by atomic mass is 79.9. The minimum Gasteiger partial charge on any atom is -0.436 e. The second-order valence-corrected chi connectivity index (χ2v) is 7.33. The quantitative estimate of drug-likeness (QED) is 0.431. The summed E-state index contributed by atoms with van der Waals surface area (Å²) in [6.45, 7) is 1.89. The standard InChI is InChI=1S/C20H13BrClN3O2/c1-11-2-3-12(7-16(11)22)19(26)24-15-4-5-18-17(8-15)25-20(27-18)13-6-14(21)10-23-9-13/h2-10H,1H3,(H,24,26). The van der Waals surface area contributed by atoms with Crippen LogP contribution in [0.3, 0.4) is 0 Å². The summed E-state index contributed by atoms with van der Waals surface area (Å²) in [6, 6.07) is 12.4. The van der Waals surface area contributed by atoms with Crippen molar-refractivity contribution in [2.45, 2.75) is 6.92 Å². The highest BCUT2D eigenvalue weighted by Crippen LogP contribution is 2.27. The number of halogens is 2. The molecular formula is C20H13BrClN3O2. The zero-order valence-electron chi connectivity index (χ0n) is 14.2. The fourth-order valence-corrected chi connectivity index (χ4v) is 3.14. The maximum absolute atomic E-state index is 12.5. The second kappa shape index (κ2) is 7.13. The van der Waals surface area contributed by atoms with Gasteiger partial charge in [-0.05, 0) is 64.8 Å². The van der Waals surface area contributed by atoms with Crippen molar-refractivity contribution in [3.63, 3.8) is 0 Å². The predicted octanol–water partition coefficient (Wildman–Crippen LogP) is 5.87. The Hall–Kier alpha value is -2.70. The summed E-state index contributed by atoms with van der Waals surface area (Å²) in [5, 5.41) is 3.41. The van der Waals surface area contributed by atoms with Crippen LogP contribution in [0.15, 0.2) is 63.7 Å². The van der Waals surface area contributed by atoms with Crippen molar-refractivity contribution in [1.82, 2.24) is 9.97 Å². The van der Waals surface area contributed by atoms with Crippen molar-refractivity contribution in [3.8, 4) is 11.5 Å². The van der Waals surface area contributed by atoms with Crippen LogP contribution in [0.1, 0.15) is 15.9 Å². The lowest BCUT2D eigenvalue weighted by atomic mass is 10.1.